The first-order valence-electron chi connectivity index (χ1n) is 13.7. The molecule has 5 rings (SSSR count). The summed E-state index contributed by atoms with van der Waals surface area (Å²) in [5.74, 6) is -0.0743. The van der Waals surface area contributed by atoms with Crippen LogP contribution in [0, 0.1) is 0 Å². The van der Waals surface area contributed by atoms with Gasteiger partial charge < -0.3 is 9.50 Å². The quantitative estimate of drug-likeness (QED) is 0.246. The fraction of sp³-hybridized carbons (Fsp3) is 0.400. The smallest absolute Gasteiger partial charge is 0.376 e. The summed E-state index contributed by atoms with van der Waals surface area (Å²) in [7, 11) is -5.71. The van der Waals surface area contributed by atoms with Crippen molar-refractivity contribution in [2.45, 2.75) is 56.5 Å². The second kappa shape index (κ2) is 11.8. The van der Waals surface area contributed by atoms with Gasteiger partial charge in [0.25, 0.3) is 5.91 Å². The maximum atomic E-state index is 12.6. The van der Waals surface area contributed by atoms with Gasteiger partial charge >= 0.3 is 15.6 Å². The molecule has 0 saturated carbocycles. The van der Waals surface area contributed by atoms with Crippen molar-refractivity contribution in [1.29, 1.82) is 0 Å². The summed E-state index contributed by atoms with van der Waals surface area (Å²) in [4.78, 5) is 26.5. The van der Waals surface area contributed by atoms with Crippen LogP contribution in [0.5, 0.6) is 5.75 Å². The number of ketones is 1. The number of unbranched alkanes of at least 4 members (excludes halogenated alkanes) is 1. The van der Waals surface area contributed by atoms with Crippen molar-refractivity contribution in [2.75, 3.05) is 19.6 Å². The number of nitrogens with zero attached hydrogens (tertiary/aromatic N) is 1. The maximum absolute atomic E-state index is 12.6. The van der Waals surface area contributed by atoms with E-state index in [-0.39, 0.29) is 23.4 Å². The number of carbonyl (C=O) groups excluding carboxylic acids is 2. The molecule has 1 N–H and O–H groups in total. The number of hydrogen-bond acceptors (Lipinski definition) is 6. The lowest BCUT2D eigenvalue weighted by Gasteiger charge is -2.29. The topological polar surface area (TPSA) is 92.8 Å². The van der Waals surface area contributed by atoms with Crippen molar-refractivity contribution in [3.63, 3.8) is 0 Å². The van der Waals surface area contributed by atoms with Crippen LogP contribution in [0.1, 0.15) is 65.1 Å². The molecular weight excluding hydrogens is 557 g/mol. The van der Waals surface area contributed by atoms with E-state index < -0.39 is 15.6 Å². The highest BCUT2D eigenvalue weighted by atomic mass is 32.2. The van der Waals surface area contributed by atoms with Crippen LogP contribution in [0.4, 0.5) is 13.2 Å². The zero-order chi connectivity index (χ0) is 29.2. The van der Waals surface area contributed by atoms with E-state index in [0.29, 0.717) is 31.5 Å². The van der Waals surface area contributed by atoms with E-state index in [9.17, 15) is 31.2 Å². The molecule has 0 bridgehead atoms. The fourth-order valence-electron chi connectivity index (χ4n) is 5.73. The Morgan fingerprint density at radius 3 is 2.56 bits per heavy atom. The number of halogens is 3. The summed E-state index contributed by atoms with van der Waals surface area (Å²) in [5, 5.41) is 2.95. The Balaban J connectivity index is 1.05. The van der Waals surface area contributed by atoms with Gasteiger partial charge in [-0.25, -0.2) is 0 Å². The van der Waals surface area contributed by atoms with Gasteiger partial charge in [0, 0.05) is 37.5 Å². The van der Waals surface area contributed by atoms with E-state index in [4.69, 9.17) is 0 Å². The van der Waals surface area contributed by atoms with E-state index in [1.807, 2.05) is 30.3 Å². The number of fused-ring (bicyclic) bond motifs is 1. The van der Waals surface area contributed by atoms with E-state index in [0.717, 1.165) is 55.5 Å². The van der Waals surface area contributed by atoms with Crippen LogP contribution < -0.4 is 9.50 Å². The van der Waals surface area contributed by atoms with Crippen LogP contribution in [0.25, 0.3) is 0 Å². The molecule has 1 atom stereocenters. The van der Waals surface area contributed by atoms with E-state index in [1.165, 1.54) is 23.3 Å². The standard InChI is InChI=1S/C30H31F3N2O5S/c31-30(32,33)41(38,39)40-26-10-7-20-13-16-35(19-24(20)18-26)15-2-1-14-34-29(37)22-5-3-21(4-6-22)27-11-8-23-17-25(36)9-12-28(23)27/h3-7,9-10,12,18,27H,1-2,8,11,13-17,19H2,(H,34,37). The minimum Gasteiger partial charge on any atom is -0.376 e. The summed E-state index contributed by atoms with van der Waals surface area (Å²) in [6.07, 6.45) is 8.29. The Hall–Kier alpha value is -3.44. The molecule has 1 aliphatic heterocycles. The minimum absolute atomic E-state index is 0.140. The first-order valence-corrected chi connectivity index (χ1v) is 15.1. The minimum atomic E-state index is -5.71. The molecule has 7 nitrogen and oxygen atoms in total. The normalized spacial score (nSPS) is 19.2. The number of benzene rings is 2. The van der Waals surface area contributed by atoms with Crippen molar-refractivity contribution in [2.24, 2.45) is 0 Å². The van der Waals surface area contributed by atoms with Gasteiger partial charge in [-0.05, 0) is 91.3 Å². The zero-order valence-electron chi connectivity index (χ0n) is 22.4. The lowest BCUT2D eigenvalue weighted by atomic mass is 9.89. The van der Waals surface area contributed by atoms with Crippen LogP contribution in [-0.2, 0) is 27.9 Å². The molecule has 41 heavy (non-hydrogen) atoms. The van der Waals surface area contributed by atoms with Crippen LogP contribution in [-0.4, -0.2) is 50.2 Å². The molecule has 0 radical (unpaired) electrons. The van der Waals surface area contributed by atoms with Crippen molar-refractivity contribution >= 4 is 21.8 Å². The highest BCUT2D eigenvalue weighted by molar-refractivity contribution is 7.88. The summed E-state index contributed by atoms with van der Waals surface area (Å²) in [6, 6.07) is 11.9. The molecular formula is C30H31F3N2O5S. The number of carbonyl (C=O) groups is 2. The molecule has 0 saturated heterocycles. The number of nitrogens with one attached hydrogen (secondary N) is 1. The number of alkyl halides is 3. The lowest BCUT2D eigenvalue weighted by molar-refractivity contribution is -0.114. The van der Waals surface area contributed by atoms with Crippen LogP contribution >= 0.6 is 0 Å². The first kappa shape index (κ1) is 29.1. The highest BCUT2D eigenvalue weighted by Crippen LogP contribution is 2.43. The molecule has 2 aliphatic carbocycles. The fourth-order valence-corrected chi connectivity index (χ4v) is 6.18. The van der Waals surface area contributed by atoms with Crippen molar-refractivity contribution < 1.29 is 35.4 Å². The van der Waals surface area contributed by atoms with Gasteiger partial charge in [-0.2, -0.15) is 21.6 Å². The third kappa shape index (κ3) is 6.73. The second-order valence-corrected chi connectivity index (χ2v) is 12.2. The van der Waals surface area contributed by atoms with Crippen molar-refractivity contribution in [3.8, 4) is 5.75 Å². The number of rotatable bonds is 9. The molecule has 0 spiro atoms. The Labute approximate surface area is 237 Å². The Kier molecular flexibility index (Phi) is 8.37. The first-order chi connectivity index (χ1) is 19.5. The average Bonchev–Trinajstić information content (AvgIpc) is 3.35. The SMILES string of the molecule is O=C1C=CC2=C(CCC2c2ccc(C(=O)NCCCCN3CCc4ccc(OS(=O)(=O)C(F)(F)F)cc4C3)cc2)C1. The van der Waals surface area contributed by atoms with E-state index in [2.05, 4.69) is 14.4 Å². The molecule has 1 unspecified atom stereocenters. The second-order valence-electron chi connectivity index (χ2n) is 10.7. The summed E-state index contributed by atoms with van der Waals surface area (Å²) < 4.78 is 64.8. The van der Waals surface area contributed by atoms with Gasteiger partial charge in [-0.3, -0.25) is 14.5 Å². The summed E-state index contributed by atoms with van der Waals surface area (Å²) >= 11 is 0. The van der Waals surface area contributed by atoms with Gasteiger partial charge in [0.2, 0.25) is 0 Å². The third-order valence-electron chi connectivity index (χ3n) is 7.88. The van der Waals surface area contributed by atoms with Gasteiger partial charge in [-0.1, -0.05) is 29.8 Å². The average molecular weight is 589 g/mol. The molecule has 2 aromatic carbocycles. The molecule has 1 heterocycles. The number of allylic oxidation sites excluding steroid dienone is 4. The molecule has 218 valence electrons. The molecule has 3 aliphatic rings. The Morgan fingerprint density at radius 1 is 1.02 bits per heavy atom. The number of amides is 1. The van der Waals surface area contributed by atoms with Crippen LogP contribution in [0.3, 0.4) is 0 Å². The van der Waals surface area contributed by atoms with Gasteiger partial charge in [-0.15, -0.1) is 0 Å². The van der Waals surface area contributed by atoms with Crippen LogP contribution in [0.15, 0.2) is 65.8 Å². The predicted molar refractivity (Wildman–Crippen MR) is 147 cm³/mol. The molecule has 1 amide bonds. The Bertz CT molecular complexity index is 1500. The van der Waals surface area contributed by atoms with Gasteiger partial charge in [0.05, 0.1) is 0 Å². The Morgan fingerprint density at radius 2 is 1.80 bits per heavy atom. The number of hydrogen-bond donors (Lipinski definition) is 1. The van der Waals surface area contributed by atoms with Crippen molar-refractivity contribution in [3.05, 3.63) is 88.0 Å². The zero-order valence-corrected chi connectivity index (χ0v) is 23.2. The van der Waals surface area contributed by atoms with E-state index in [1.54, 1.807) is 12.1 Å². The lowest BCUT2D eigenvalue weighted by Crippen LogP contribution is -2.32. The van der Waals surface area contributed by atoms with E-state index >= 15 is 0 Å². The third-order valence-corrected chi connectivity index (χ3v) is 8.85. The molecule has 2 aromatic rings. The van der Waals surface area contributed by atoms with Crippen LogP contribution in [0.2, 0.25) is 0 Å². The summed E-state index contributed by atoms with van der Waals surface area (Å²) in [5.41, 5.74) is 0.410. The predicted octanol–water partition coefficient (Wildman–Crippen LogP) is 5.19. The molecule has 0 fully saturated rings. The van der Waals surface area contributed by atoms with Gasteiger partial charge in [0.1, 0.15) is 5.75 Å². The monoisotopic (exact) mass is 588 g/mol. The van der Waals surface area contributed by atoms with Crippen molar-refractivity contribution in [1.82, 2.24) is 10.2 Å². The highest BCUT2D eigenvalue weighted by Gasteiger charge is 2.48. The van der Waals surface area contributed by atoms with Gasteiger partial charge in [0.15, 0.2) is 5.78 Å². The summed E-state index contributed by atoms with van der Waals surface area (Å²) in [6.45, 7) is 2.49. The molecule has 0 aromatic heterocycles. The molecule has 11 heteroatoms. The largest absolute Gasteiger partial charge is 0.534 e. The maximum Gasteiger partial charge on any atom is 0.534 e.